The summed E-state index contributed by atoms with van der Waals surface area (Å²) in [6.07, 6.45) is 2.35. The third kappa shape index (κ3) is 6.45. The molecule has 1 heterocycles. The van der Waals surface area contributed by atoms with Crippen LogP contribution in [0.1, 0.15) is 42.1 Å². The van der Waals surface area contributed by atoms with Crippen molar-refractivity contribution >= 4 is 15.7 Å². The topological polar surface area (TPSA) is 86.9 Å². The molecule has 3 aromatic rings. The van der Waals surface area contributed by atoms with Gasteiger partial charge in [0.2, 0.25) is 10.0 Å². The van der Waals surface area contributed by atoms with Crippen LogP contribution >= 0.6 is 0 Å². The summed E-state index contributed by atoms with van der Waals surface area (Å²) in [5, 5.41) is 16.7. The number of nitrogens with two attached hydrogens (primary N) is 1. The van der Waals surface area contributed by atoms with Gasteiger partial charge in [-0.05, 0) is 48.1 Å². The molecule has 3 N–H and O–H groups in total. The van der Waals surface area contributed by atoms with E-state index in [0.717, 1.165) is 43.5 Å². The highest BCUT2D eigenvalue weighted by Gasteiger charge is 2.23. The summed E-state index contributed by atoms with van der Waals surface area (Å²) in [6, 6.07) is 25.4. The SMILES string of the molecule is NS(=O)(=O)c1cc(C(O)CN(Cc2ccccc2)Cc2ccccc2)ccc1N1CCCCC1. The molecule has 1 atom stereocenters. The van der Waals surface area contributed by atoms with Crippen LogP contribution in [0.15, 0.2) is 83.8 Å². The maximum atomic E-state index is 12.4. The molecule has 4 rings (SSSR count). The molecule has 1 saturated heterocycles. The minimum atomic E-state index is -3.93. The molecule has 1 fully saturated rings. The summed E-state index contributed by atoms with van der Waals surface area (Å²) < 4.78 is 24.9. The van der Waals surface area contributed by atoms with Crippen molar-refractivity contribution in [3.8, 4) is 0 Å². The van der Waals surface area contributed by atoms with Gasteiger partial charge in [0.25, 0.3) is 0 Å². The molecule has 0 radical (unpaired) electrons. The average Bonchev–Trinajstić information content (AvgIpc) is 2.85. The number of primary sulfonamides is 1. The van der Waals surface area contributed by atoms with Crippen molar-refractivity contribution in [1.29, 1.82) is 0 Å². The Hall–Kier alpha value is -2.71. The number of sulfonamides is 1. The molecule has 0 aromatic heterocycles. The van der Waals surface area contributed by atoms with E-state index in [1.807, 2.05) is 42.5 Å². The van der Waals surface area contributed by atoms with Crippen LogP contribution in [0.3, 0.4) is 0 Å². The van der Waals surface area contributed by atoms with Crippen molar-refractivity contribution in [1.82, 2.24) is 4.90 Å². The molecular formula is C27H33N3O3S. The zero-order chi connectivity index (χ0) is 24.0. The quantitative estimate of drug-likeness (QED) is 0.483. The van der Waals surface area contributed by atoms with Crippen molar-refractivity contribution < 1.29 is 13.5 Å². The lowest BCUT2D eigenvalue weighted by atomic mass is 10.1. The first-order chi connectivity index (χ1) is 16.4. The molecule has 3 aromatic carbocycles. The van der Waals surface area contributed by atoms with Crippen LogP contribution in [-0.2, 0) is 23.1 Å². The van der Waals surface area contributed by atoms with E-state index in [9.17, 15) is 13.5 Å². The molecule has 180 valence electrons. The molecule has 0 spiro atoms. The number of aliphatic hydroxyl groups is 1. The van der Waals surface area contributed by atoms with Crippen molar-refractivity contribution in [3.05, 3.63) is 95.6 Å². The molecule has 6 nitrogen and oxygen atoms in total. The minimum Gasteiger partial charge on any atom is -0.387 e. The fourth-order valence-electron chi connectivity index (χ4n) is 4.58. The second-order valence-electron chi connectivity index (χ2n) is 8.98. The number of rotatable bonds is 9. The normalized spacial score (nSPS) is 15.4. The zero-order valence-electron chi connectivity index (χ0n) is 19.4. The van der Waals surface area contributed by atoms with E-state index >= 15 is 0 Å². The molecule has 0 aliphatic carbocycles. The predicted octanol–water partition coefficient (Wildman–Crippen LogP) is 4.06. The van der Waals surface area contributed by atoms with Gasteiger partial charge in [0.15, 0.2) is 0 Å². The third-order valence-corrected chi connectivity index (χ3v) is 7.24. The standard InChI is InChI=1S/C27H33N3O3S/c28-34(32,33)27-18-24(14-15-25(27)30-16-8-3-9-17-30)26(31)21-29(19-22-10-4-1-5-11-22)20-23-12-6-2-7-13-23/h1-2,4-7,10-15,18,26,31H,3,8-9,16-17,19-21H2,(H2,28,32,33). The number of hydrogen-bond acceptors (Lipinski definition) is 5. The van der Waals surface area contributed by atoms with E-state index in [-0.39, 0.29) is 4.90 Å². The number of nitrogens with zero attached hydrogens (tertiary/aromatic N) is 2. The first kappa shape index (κ1) is 24.4. The van der Waals surface area contributed by atoms with Gasteiger partial charge in [0.05, 0.1) is 11.8 Å². The van der Waals surface area contributed by atoms with Gasteiger partial charge >= 0.3 is 0 Å². The number of benzene rings is 3. The third-order valence-electron chi connectivity index (χ3n) is 6.30. The van der Waals surface area contributed by atoms with Crippen LogP contribution < -0.4 is 10.0 Å². The van der Waals surface area contributed by atoms with E-state index in [0.29, 0.717) is 30.9 Å². The summed E-state index contributed by atoms with van der Waals surface area (Å²) >= 11 is 0. The summed E-state index contributed by atoms with van der Waals surface area (Å²) in [5.41, 5.74) is 3.48. The molecule has 7 heteroatoms. The van der Waals surface area contributed by atoms with Crippen molar-refractivity contribution in [2.45, 2.75) is 43.4 Å². The molecular weight excluding hydrogens is 446 g/mol. The smallest absolute Gasteiger partial charge is 0.240 e. The van der Waals surface area contributed by atoms with E-state index in [1.165, 1.54) is 0 Å². The largest absolute Gasteiger partial charge is 0.387 e. The van der Waals surface area contributed by atoms with Gasteiger partial charge < -0.3 is 10.0 Å². The van der Waals surface area contributed by atoms with Crippen molar-refractivity contribution in [2.75, 3.05) is 24.5 Å². The van der Waals surface area contributed by atoms with Gasteiger partial charge in [0.1, 0.15) is 4.90 Å². The second kappa shape index (κ2) is 11.1. The zero-order valence-corrected chi connectivity index (χ0v) is 20.2. The second-order valence-corrected chi connectivity index (χ2v) is 10.5. The Morgan fingerprint density at radius 1 is 0.853 bits per heavy atom. The summed E-state index contributed by atoms with van der Waals surface area (Å²) in [4.78, 5) is 4.34. The fraction of sp³-hybridized carbons (Fsp3) is 0.333. The first-order valence-corrected chi connectivity index (χ1v) is 13.3. The Morgan fingerprint density at radius 3 is 1.94 bits per heavy atom. The van der Waals surface area contributed by atoms with Crippen LogP contribution in [0.2, 0.25) is 0 Å². The van der Waals surface area contributed by atoms with E-state index in [1.54, 1.807) is 12.1 Å². The maximum Gasteiger partial charge on any atom is 0.240 e. The highest BCUT2D eigenvalue weighted by Crippen LogP contribution is 2.30. The lowest BCUT2D eigenvalue weighted by Gasteiger charge is -2.31. The van der Waals surface area contributed by atoms with Crippen LogP contribution in [-0.4, -0.2) is 38.1 Å². The van der Waals surface area contributed by atoms with Crippen LogP contribution in [0, 0.1) is 0 Å². The number of hydrogen-bond donors (Lipinski definition) is 2. The highest BCUT2D eigenvalue weighted by molar-refractivity contribution is 7.89. The summed E-state index contributed by atoms with van der Waals surface area (Å²) in [7, 11) is -3.93. The molecule has 0 saturated carbocycles. The van der Waals surface area contributed by atoms with Gasteiger partial charge in [-0.3, -0.25) is 4.90 Å². The monoisotopic (exact) mass is 479 g/mol. The van der Waals surface area contributed by atoms with Gasteiger partial charge in [-0.2, -0.15) is 0 Å². The Balaban J connectivity index is 1.58. The van der Waals surface area contributed by atoms with Crippen LogP contribution in [0.25, 0.3) is 0 Å². The van der Waals surface area contributed by atoms with Gasteiger partial charge in [0, 0.05) is 32.7 Å². The van der Waals surface area contributed by atoms with Gasteiger partial charge in [-0.1, -0.05) is 66.7 Å². The Bertz CT molecular complexity index is 1120. The summed E-state index contributed by atoms with van der Waals surface area (Å²) in [6.45, 7) is 3.32. The van der Waals surface area contributed by atoms with Crippen LogP contribution in [0.4, 0.5) is 5.69 Å². The number of piperidine rings is 1. The maximum absolute atomic E-state index is 12.4. The average molecular weight is 480 g/mol. The Morgan fingerprint density at radius 2 is 1.41 bits per heavy atom. The lowest BCUT2D eigenvalue weighted by Crippen LogP contribution is -2.32. The minimum absolute atomic E-state index is 0.0867. The summed E-state index contributed by atoms with van der Waals surface area (Å²) in [5.74, 6) is 0. The predicted molar refractivity (Wildman–Crippen MR) is 136 cm³/mol. The first-order valence-electron chi connectivity index (χ1n) is 11.8. The molecule has 1 aliphatic rings. The highest BCUT2D eigenvalue weighted by atomic mass is 32.2. The van der Waals surface area contributed by atoms with Crippen molar-refractivity contribution in [2.24, 2.45) is 5.14 Å². The van der Waals surface area contributed by atoms with Crippen molar-refractivity contribution in [3.63, 3.8) is 0 Å². The van der Waals surface area contributed by atoms with Gasteiger partial charge in [-0.15, -0.1) is 0 Å². The fourth-order valence-corrected chi connectivity index (χ4v) is 5.37. The molecule has 34 heavy (non-hydrogen) atoms. The molecule has 0 bridgehead atoms. The number of anilines is 1. The van der Waals surface area contributed by atoms with E-state index in [2.05, 4.69) is 34.1 Å². The van der Waals surface area contributed by atoms with Crippen LogP contribution in [0.5, 0.6) is 0 Å². The molecule has 1 aliphatic heterocycles. The molecule has 0 amide bonds. The Labute approximate surface area is 202 Å². The van der Waals surface area contributed by atoms with E-state index in [4.69, 9.17) is 5.14 Å². The molecule has 1 unspecified atom stereocenters. The number of aliphatic hydroxyl groups excluding tert-OH is 1. The van der Waals surface area contributed by atoms with E-state index < -0.39 is 16.1 Å². The van der Waals surface area contributed by atoms with Gasteiger partial charge in [-0.25, -0.2) is 13.6 Å². The Kier molecular flexibility index (Phi) is 8.00. The lowest BCUT2D eigenvalue weighted by molar-refractivity contribution is 0.105.